The van der Waals surface area contributed by atoms with Crippen LogP contribution in [0.2, 0.25) is 0 Å². The molecule has 0 bridgehead atoms. The lowest BCUT2D eigenvalue weighted by molar-refractivity contribution is -0.0240. The van der Waals surface area contributed by atoms with Crippen LogP contribution in [-0.4, -0.2) is 24.4 Å². The lowest BCUT2D eigenvalue weighted by atomic mass is 9.87. The van der Waals surface area contributed by atoms with E-state index in [-0.39, 0.29) is 11.8 Å². The molecule has 0 radical (unpaired) electrons. The molecule has 0 aromatic heterocycles. The zero-order valence-electron chi connectivity index (χ0n) is 8.07. The maximum absolute atomic E-state index is 9.83. The minimum absolute atomic E-state index is 0.165. The van der Waals surface area contributed by atoms with Crippen LogP contribution >= 0.6 is 0 Å². The molecule has 1 fully saturated rings. The minimum Gasteiger partial charge on any atom is -0.391 e. The fourth-order valence-corrected chi connectivity index (χ4v) is 1.77. The predicted octanol–water partition coefficient (Wildman–Crippen LogP) is 1.32. The third-order valence-electron chi connectivity index (χ3n) is 2.70. The molecular weight excluding hydrogens is 166 g/mol. The first-order valence-corrected chi connectivity index (χ1v) is 4.95. The van der Waals surface area contributed by atoms with Crippen LogP contribution in [0.15, 0.2) is 0 Å². The number of hydrogen-bond donors (Lipinski definition) is 1. The summed E-state index contributed by atoms with van der Waals surface area (Å²) in [6.07, 6.45) is 2.20. The number of hydrogen-bond acceptors (Lipinski definition) is 3. The number of aliphatic hydroxyl groups excluding tert-OH is 1. The van der Waals surface area contributed by atoms with Gasteiger partial charge in [-0.25, -0.2) is 0 Å². The van der Waals surface area contributed by atoms with Crippen molar-refractivity contribution in [3.63, 3.8) is 0 Å². The first-order chi connectivity index (χ1) is 6.29. The van der Waals surface area contributed by atoms with E-state index in [1.54, 1.807) is 0 Å². The van der Waals surface area contributed by atoms with Crippen molar-refractivity contribution in [2.45, 2.75) is 32.3 Å². The largest absolute Gasteiger partial charge is 0.391 e. The summed E-state index contributed by atoms with van der Waals surface area (Å²) < 4.78 is 5.27. The molecule has 0 amide bonds. The highest BCUT2D eigenvalue weighted by Crippen LogP contribution is 2.23. The lowest BCUT2D eigenvalue weighted by Crippen LogP contribution is -2.34. The molecule has 0 spiro atoms. The van der Waals surface area contributed by atoms with E-state index in [0.29, 0.717) is 13.0 Å². The van der Waals surface area contributed by atoms with Crippen molar-refractivity contribution in [2.75, 3.05) is 13.2 Å². The second-order valence-electron chi connectivity index (χ2n) is 3.61. The van der Waals surface area contributed by atoms with Crippen LogP contribution in [0.4, 0.5) is 0 Å². The van der Waals surface area contributed by atoms with Gasteiger partial charge in [0.1, 0.15) is 0 Å². The van der Waals surface area contributed by atoms with E-state index in [9.17, 15) is 5.11 Å². The first kappa shape index (κ1) is 10.5. The molecule has 1 aliphatic rings. The fourth-order valence-electron chi connectivity index (χ4n) is 1.77. The van der Waals surface area contributed by atoms with Crippen molar-refractivity contribution in [1.29, 1.82) is 5.26 Å². The highest BCUT2D eigenvalue weighted by molar-refractivity contribution is 4.90. The van der Waals surface area contributed by atoms with Crippen LogP contribution in [0.5, 0.6) is 0 Å². The minimum atomic E-state index is -0.504. The van der Waals surface area contributed by atoms with Gasteiger partial charge in [0.15, 0.2) is 0 Å². The van der Waals surface area contributed by atoms with Gasteiger partial charge in [-0.2, -0.15) is 5.26 Å². The molecule has 0 aromatic carbocycles. The topological polar surface area (TPSA) is 53.2 Å². The number of ether oxygens (including phenoxy) is 1. The Bertz CT molecular complexity index is 182. The smallest absolute Gasteiger partial charge is 0.0748 e. The Kier molecular flexibility index (Phi) is 4.20. The highest BCUT2D eigenvalue weighted by atomic mass is 16.5. The Labute approximate surface area is 79.3 Å². The van der Waals surface area contributed by atoms with E-state index >= 15 is 0 Å². The van der Waals surface area contributed by atoms with E-state index in [4.69, 9.17) is 10.00 Å². The van der Waals surface area contributed by atoms with Gasteiger partial charge in [0.25, 0.3) is 0 Å². The molecule has 1 aliphatic heterocycles. The summed E-state index contributed by atoms with van der Waals surface area (Å²) >= 11 is 0. The number of aliphatic hydroxyl groups is 1. The zero-order chi connectivity index (χ0) is 9.68. The summed E-state index contributed by atoms with van der Waals surface area (Å²) in [4.78, 5) is 0. The molecule has 3 nitrogen and oxygen atoms in total. The molecule has 1 saturated heterocycles. The van der Waals surface area contributed by atoms with Crippen LogP contribution in [-0.2, 0) is 4.74 Å². The molecule has 13 heavy (non-hydrogen) atoms. The van der Waals surface area contributed by atoms with Crippen LogP contribution in [0.1, 0.15) is 26.2 Å². The Morgan fingerprint density at radius 3 is 2.92 bits per heavy atom. The average Bonchev–Trinajstić information content (AvgIpc) is 2.21. The normalized spacial score (nSPS) is 27.6. The Morgan fingerprint density at radius 2 is 2.46 bits per heavy atom. The van der Waals surface area contributed by atoms with Crippen LogP contribution in [0.3, 0.4) is 0 Å². The Balaban J connectivity index is 2.44. The summed E-state index contributed by atoms with van der Waals surface area (Å²) in [5, 5.41) is 18.6. The summed E-state index contributed by atoms with van der Waals surface area (Å²) in [6, 6.07) is 2.14. The third kappa shape index (κ3) is 2.68. The molecule has 1 N–H and O–H groups in total. The van der Waals surface area contributed by atoms with Gasteiger partial charge in [-0.05, 0) is 19.3 Å². The number of nitrogens with zero attached hydrogens (tertiary/aromatic N) is 1. The molecule has 3 heteroatoms. The molecule has 1 heterocycles. The van der Waals surface area contributed by atoms with Gasteiger partial charge in [0, 0.05) is 12.5 Å². The van der Waals surface area contributed by atoms with Gasteiger partial charge in [0.05, 0.1) is 24.7 Å². The monoisotopic (exact) mass is 183 g/mol. The maximum atomic E-state index is 9.83. The fraction of sp³-hybridized carbons (Fsp3) is 0.900. The van der Waals surface area contributed by atoms with E-state index in [1.807, 2.05) is 6.92 Å². The summed E-state index contributed by atoms with van der Waals surface area (Å²) in [5.41, 5.74) is 0. The van der Waals surface area contributed by atoms with E-state index in [1.165, 1.54) is 0 Å². The summed E-state index contributed by atoms with van der Waals surface area (Å²) in [5.74, 6) is -0.0648. The van der Waals surface area contributed by atoms with Gasteiger partial charge >= 0.3 is 0 Å². The number of rotatable bonds is 3. The Hall–Kier alpha value is -0.590. The summed E-state index contributed by atoms with van der Waals surface area (Å²) in [7, 11) is 0. The van der Waals surface area contributed by atoms with Gasteiger partial charge < -0.3 is 9.84 Å². The summed E-state index contributed by atoms with van der Waals surface area (Å²) in [6.45, 7) is 3.34. The van der Waals surface area contributed by atoms with E-state index in [2.05, 4.69) is 6.07 Å². The van der Waals surface area contributed by atoms with Gasteiger partial charge in [-0.1, -0.05) is 6.92 Å². The SMILES string of the molecule is CCC(C#N)C(O)C1CCCOC1. The molecule has 3 atom stereocenters. The zero-order valence-corrected chi connectivity index (χ0v) is 8.07. The van der Waals surface area contributed by atoms with Crippen molar-refractivity contribution in [3.8, 4) is 6.07 Å². The standard InChI is InChI=1S/C10H17NO2/c1-2-8(6-11)10(12)9-4-3-5-13-7-9/h8-10,12H,2-5,7H2,1H3. The van der Waals surface area contributed by atoms with Crippen LogP contribution < -0.4 is 0 Å². The highest BCUT2D eigenvalue weighted by Gasteiger charge is 2.28. The van der Waals surface area contributed by atoms with Crippen molar-refractivity contribution in [3.05, 3.63) is 0 Å². The van der Waals surface area contributed by atoms with E-state index in [0.717, 1.165) is 19.4 Å². The van der Waals surface area contributed by atoms with Crippen LogP contribution in [0, 0.1) is 23.2 Å². The van der Waals surface area contributed by atoms with Gasteiger partial charge in [-0.3, -0.25) is 0 Å². The van der Waals surface area contributed by atoms with Crippen molar-refractivity contribution >= 4 is 0 Å². The molecule has 0 aromatic rings. The predicted molar refractivity (Wildman–Crippen MR) is 48.9 cm³/mol. The quantitative estimate of drug-likeness (QED) is 0.718. The first-order valence-electron chi connectivity index (χ1n) is 4.95. The third-order valence-corrected chi connectivity index (χ3v) is 2.70. The second kappa shape index (κ2) is 5.21. The van der Waals surface area contributed by atoms with Gasteiger partial charge in [-0.15, -0.1) is 0 Å². The molecule has 0 saturated carbocycles. The van der Waals surface area contributed by atoms with E-state index < -0.39 is 6.10 Å². The van der Waals surface area contributed by atoms with Crippen LogP contribution in [0.25, 0.3) is 0 Å². The molecular formula is C10H17NO2. The van der Waals surface area contributed by atoms with Crippen molar-refractivity contribution < 1.29 is 9.84 Å². The Morgan fingerprint density at radius 1 is 1.69 bits per heavy atom. The van der Waals surface area contributed by atoms with Crippen molar-refractivity contribution in [1.82, 2.24) is 0 Å². The second-order valence-corrected chi connectivity index (χ2v) is 3.61. The maximum Gasteiger partial charge on any atom is 0.0748 e. The molecule has 74 valence electrons. The van der Waals surface area contributed by atoms with Crippen molar-refractivity contribution in [2.24, 2.45) is 11.8 Å². The molecule has 3 unspecified atom stereocenters. The number of nitriles is 1. The average molecular weight is 183 g/mol. The lowest BCUT2D eigenvalue weighted by Gasteiger charge is -2.28. The molecule has 1 rings (SSSR count). The molecule has 0 aliphatic carbocycles. The van der Waals surface area contributed by atoms with Gasteiger partial charge in [0.2, 0.25) is 0 Å².